The second-order valence-electron chi connectivity index (χ2n) is 6.33. The summed E-state index contributed by atoms with van der Waals surface area (Å²) in [6.07, 6.45) is 0.876. The zero-order valence-electron chi connectivity index (χ0n) is 13.4. The Hall–Kier alpha value is -1.84. The molecule has 25 heavy (non-hydrogen) atoms. The first kappa shape index (κ1) is 18.0. The van der Waals surface area contributed by atoms with Crippen LogP contribution in [0.15, 0.2) is 17.0 Å². The molecule has 0 radical (unpaired) electrons. The van der Waals surface area contributed by atoms with Crippen LogP contribution in [0.5, 0.6) is 5.75 Å². The van der Waals surface area contributed by atoms with Crippen molar-refractivity contribution >= 4 is 33.5 Å². The van der Waals surface area contributed by atoms with E-state index in [0.717, 1.165) is 12.1 Å². The fourth-order valence-electron chi connectivity index (χ4n) is 3.35. The Morgan fingerprint density at radius 3 is 2.72 bits per heavy atom. The number of amides is 1. The summed E-state index contributed by atoms with van der Waals surface area (Å²) in [4.78, 5) is 22.5. The van der Waals surface area contributed by atoms with Gasteiger partial charge in [-0.05, 0) is 12.5 Å². The van der Waals surface area contributed by atoms with Gasteiger partial charge >= 0.3 is 5.97 Å². The molecule has 3 rings (SSSR count). The van der Waals surface area contributed by atoms with E-state index in [-0.39, 0.29) is 45.6 Å². The number of carboxylic acid groups (broad SMARTS) is 1. The fourth-order valence-corrected chi connectivity index (χ4v) is 5.42. The summed E-state index contributed by atoms with van der Waals surface area (Å²) in [6, 6.07) is 2.20. The van der Waals surface area contributed by atoms with Crippen molar-refractivity contribution in [3.63, 3.8) is 0 Å². The summed E-state index contributed by atoms with van der Waals surface area (Å²) in [5.74, 6) is -1.43. The van der Waals surface area contributed by atoms with Gasteiger partial charge in [0, 0.05) is 37.5 Å². The van der Waals surface area contributed by atoms with Gasteiger partial charge in [0.2, 0.25) is 15.9 Å². The van der Waals surface area contributed by atoms with E-state index >= 15 is 0 Å². The molecule has 1 atom stereocenters. The normalized spacial score (nSPS) is 23.8. The molecule has 0 aliphatic carbocycles. The van der Waals surface area contributed by atoms with Gasteiger partial charge in [0.05, 0.1) is 12.1 Å². The molecule has 1 amide bonds. The molecule has 2 heterocycles. The van der Waals surface area contributed by atoms with Crippen LogP contribution < -0.4 is 10.1 Å². The number of carbonyl (C=O) groups excluding carboxylic acids is 1. The predicted molar refractivity (Wildman–Crippen MR) is 88.4 cm³/mol. The van der Waals surface area contributed by atoms with E-state index in [1.807, 2.05) is 0 Å². The highest BCUT2D eigenvalue weighted by Gasteiger charge is 2.47. The van der Waals surface area contributed by atoms with Gasteiger partial charge in [0.1, 0.15) is 16.2 Å². The van der Waals surface area contributed by atoms with Crippen molar-refractivity contribution in [1.82, 2.24) is 9.62 Å². The van der Waals surface area contributed by atoms with Gasteiger partial charge in [-0.1, -0.05) is 11.6 Å². The third kappa shape index (κ3) is 3.07. The van der Waals surface area contributed by atoms with Crippen LogP contribution in [0.2, 0.25) is 5.02 Å². The minimum Gasteiger partial charge on any atom is -0.496 e. The van der Waals surface area contributed by atoms with Gasteiger partial charge in [-0.2, -0.15) is 4.31 Å². The van der Waals surface area contributed by atoms with E-state index in [1.165, 1.54) is 11.4 Å². The summed E-state index contributed by atoms with van der Waals surface area (Å²) in [7, 11) is -2.68. The topological polar surface area (TPSA) is 113 Å². The van der Waals surface area contributed by atoms with Gasteiger partial charge < -0.3 is 15.2 Å². The molecule has 1 aromatic rings. The van der Waals surface area contributed by atoms with Crippen LogP contribution in [-0.2, 0) is 14.8 Å². The molecule has 10 heteroatoms. The Balaban J connectivity index is 1.96. The van der Waals surface area contributed by atoms with Crippen molar-refractivity contribution in [2.45, 2.75) is 17.7 Å². The van der Waals surface area contributed by atoms with Crippen LogP contribution in [0.1, 0.15) is 23.2 Å². The quantitative estimate of drug-likeness (QED) is 0.793. The second-order valence-corrected chi connectivity index (χ2v) is 8.64. The van der Waals surface area contributed by atoms with Crippen molar-refractivity contribution in [1.29, 1.82) is 0 Å². The molecule has 0 saturated carbocycles. The average molecular weight is 389 g/mol. The van der Waals surface area contributed by atoms with Gasteiger partial charge in [0.15, 0.2) is 0 Å². The average Bonchev–Trinajstić information content (AvgIpc) is 3.13. The molecule has 0 bridgehead atoms. The van der Waals surface area contributed by atoms with Crippen LogP contribution in [0.3, 0.4) is 0 Å². The monoisotopic (exact) mass is 388 g/mol. The summed E-state index contributed by atoms with van der Waals surface area (Å²) >= 11 is 6.05. The first-order chi connectivity index (χ1) is 11.7. The van der Waals surface area contributed by atoms with Gasteiger partial charge in [-0.25, -0.2) is 13.2 Å². The highest BCUT2D eigenvalue weighted by molar-refractivity contribution is 7.89. The Bertz CT molecular complexity index is 856. The summed E-state index contributed by atoms with van der Waals surface area (Å²) in [6.45, 7) is 0.941. The number of carbonyl (C=O) groups is 2. The van der Waals surface area contributed by atoms with Crippen LogP contribution >= 0.6 is 11.6 Å². The number of nitrogens with zero attached hydrogens (tertiary/aromatic N) is 1. The summed E-state index contributed by atoms with van der Waals surface area (Å²) in [5.41, 5.74) is -0.600. The highest BCUT2D eigenvalue weighted by atomic mass is 35.5. The van der Waals surface area contributed by atoms with Crippen molar-refractivity contribution < 1.29 is 27.9 Å². The number of benzene rings is 1. The van der Waals surface area contributed by atoms with Crippen molar-refractivity contribution in [3.05, 3.63) is 22.7 Å². The highest BCUT2D eigenvalue weighted by Crippen LogP contribution is 2.40. The Morgan fingerprint density at radius 1 is 1.44 bits per heavy atom. The van der Waals surface area contributed by atoms with Crippen molar-refractivity contribution in [2.75, 3.05) is 26.7 Å². The lowest BCUT2D eigenvalue weighted by Gasteiger charge is -2.22. The van der Waals surface area contributed by atoms with Crippen LogP contribution in [0.4, 0.5) is 0 Å². The van der Waals surface area contributed by atoms with Crippen molar-refractivity contribution in [3.8, 4) is 5.75 Å². The van der Waals surface area contributed by atoms with Crippen molar-refractivity contribution in [2.24, 2.45) is 5.41 Å². The predicted octanol–water partition coefficient (Wildman–Crippen LogP) is 0.947. The second kappa shape index (κ2) is 6.15. The molecule has 2 aliphatic heterocycles. The molecule has 8 nitrogen and oxygen atoms in total. The summed E-state index contributed by atoms with van der Waals surface area (Å²) < 4.78 is 32.2. The zero-order chi connectivity index (χ0) is 18.4. The van der Waals surface area contributed by atoms with Crippen LogP contribution in [0, 0.1) is 5.41 Å². The number of ether oxygens (including phenoxy) is 1. The van der Waals surface area contributed by atoms with Gasteiger partial charge in [-0.15, -0.1) is 0 Å². The number of aromatic carboxylic acids is 1. The molecule has 2 saturated heterocycles. The van der Waals surface area contributed by atoms with E-state index < -0.39 is 16.0 Å². The Labute approximate surface area is 149 Å². The number of nitrogens with one attached hydrogen (secondary N) is 1. The van der Waals surface area contributed by atoms with Gasteiger partial charge in [0.25, 0.3) is 0 Å². The first-order valence-electron chi connectivity index (χ1n) is 7.56. The number of hydrogen-bond donors (Lipinski definition) is 2. The van der Waals surface area contributed by atoms with Crippen LogP contribution in [0.25, 0.3) is 0 Å². The number of carboxylic acids is 1. The van der Waals surface area contributed by atoms with E-state index in [9.17, 15) is 18.0 Å². The zero-order valence-corrected chi connectivity index (χ0v) is 15.0. The molecule has 2 N–H and O–H groups in total. The van der Waals surface area contributed by atoms with Crippen LogP contribution in [-0.4, -0.2) is 56.5 Å². The maximum absolute atomic E-state index is 13.0. The molecule has 1 unspecified atom stereocenters. The summed E-state index contributed by atoms with van der Waals surface area (Å²) in [5, 5.41) is 11.7. The number of methoxy groups -OCH3 is 1. The molecule has 1 spiro atoms. The molecule has 1 aromatic carbocycles. The van der Waals surface area contributed by atoms with Gasteiger partial charge in [-0.3, -0.25) is 4.79 Å². The lowest BCUT2D eigenvalue weighted by molar-refractivity contribution is -0.119. The molecule has 2 fully saturated rings. The standard InChI is InChI=1S/C15H17ClN2O6S/c1-24-11-5-12(10(16)4-9(11)14(20)21)25(22,23)18-3-2-15(8-18)6-13(19)17-7-15/h4-5H,2-3,6-8H2,1H3,(H,17,19)(H,20,21). The SMILES string of the molecule is COc1cc(S(=O)(=O)N2CCC3(CNC(=O)C3)C2)c(Cl)cc1C(=O)O. The number of hydrogen-bond acceptors (Lipinski definition) is 5. The smallest absolute Gasteiger partial charge is 0.339 e. The van der Waals surface area contributed by atoms with E-state index in [4.69, 9.17) is 21.4 Å². The number of sulfonamides is 1. The first-order valence-corrected chi connectivity index (χ1v) is 9.38. The Kier molecular flexibility index (Phi) is 4.42. The maximum atomic E-state index is 13.0. The number of halogens is 1. The lowest BCUT2D eigenvalue weighted by atomic mass is 9.86. The van der Waals surface area contributed by atoms with E-state index in [0.29, 0.717) is 19.4 Å². The Morgan fingerprint density at radius 2 is 2.16 bits per heavy atom. The minimum absolute atomic E-state index is 0.0789. The largest absolute Gasteiger partial charge is 0.496 e. The lowest BCUT2D eigenvalue weighted by Crippen LogP contribution is -2.33. The van der Waals surface area contributed by atoms with E-state index in [1.54, 1.807) is 0 Å². The molecule has 136 valence electrons. The fraction of sp³-hybridized carbons (Fsp3) is 0.467. The molecule has 0 aromatic heterocycles. The molecular weight excluding hydrogens is 372 g/mol. The third-order valence-corrected chi connectivity index (χ3v) is 7.01. The molecule has 2 aliphatic rings. The van der Waals surface area contributed by atoms with E-state index in [2.05, 4.69) is 5.32 Å². The molecular formula is C15H17ClN2O6S. The minimum atomic E-state index is -3.94. The maximum Gasteiger partial charge on any atom is 0.339 e. The third-order valence-electron chi connectivity index (χ3n) is 4.70. The number of rotatable bonds is 4.